The average molecular weight is 913 g/mol. The molecule has 0 heterocycles. The quantitative estimate of drug-likeness (QED) is 0.0821. The summed E-state index contributed by atoms with van der Waals surface area (Å²) in [5.74, 6) is -0.948. The van der Waals surface area contributed by atoms with E-state index in [-0.39, 0.29) is 92.1 Å². The fourth-order valence-corrected chi connectivity index (χ4v) is 7.51. The lowest BCUT2D eigenvalue weighted by atomic mass is 9.91. The van der Waals surface area contributed by atoms with Gasteiger partial charge >= 0.3 is 11.9 Å². The van der Waals surface area contributed by atoms with Crippen LogP contribution in [0.2, 0.25) is 0 Å². The van der Waals surface area contributed by atoms with Gasteiger partial charge in [0.05, 0.1) is 48.5 Å². The molecule has 0 aliphatic rings. The van der Waals surface area contributed by atoms with E-state index < -0.39 is 11.9 Å². The summed E-state index contributed by atoms with van der Waals surface area (Å²) in [5.41, 5.74) is 3.42. The second kappa shape index (κ2) is 19.9. The van der Waals surface area contributed by atoms with E-state index in [9.17, 15) is 9.59 Å². The summed E-state index contributed by atoms with van der Waals surface area (Å²) < 4.78 is 49.5. The van der Waals surface area contributed by atoms with Crippen LogP contribution >= 0.6 is 31.9 Å². The van der Waals surface area contributed by atoms with E-state index >= 15 is 0 Å². The van der Waals surface area contributed by atoms with Gasteiger partial charge in [-0.1, -0.05) is 121 Å². The first-order valence-electron chi connectivity index (χ1n) is 18.0. The van der Waals surface area contributed by atoms with E-state index in [0.29, 0.717) is 0 Å². The third-order valence-electron chi connectivity index (χ3n) is 8.96. The molecule has 0 saturated heterocycles. The fraction of sp³-hybridized carbons (Fsp3) is 0.174. The third kappa shape index (κ3) is 9.25. The highest BCUT2D eigenvalue weighted by Crippen LogP contribution is 2.59. The van der Waals surface area contributed by atoms with Crippen molar-refractivity contribution in [3.05, 3.63) is 164 Å². The summed E-state index contributed by atoms with van der Waals surface area (Å²) in [6.45, 7) is 0.393. The van der Waals surface area contributed by atoms with Crippen LogP contribution in [-0.4, -0.2) is 40.4 Å². The normalized spacial score (nSPS) is 10.7. The Kier molecular flexibility index (Phi) is 14.3. The molecular formula is C46H40Br2O10. The molecule has 0 spiro atoms. The average Bonchev–Trinajstić information content (AvgIpc) is 3.27. The number of halogens is 2. The first-order chi connectivity index (χ1) is 28.3. The van der Waals surface area contributed by atoms with Gasteiger partial charge < -0.3 is 37.9 Å². The minimum absolute atomic E-state index is 0.0323. The number of esters is 2. The van der Waals surface area contributed by atoms with Gasteiger partial charge in [0.1, 0.15) is 26.4 Å². The number of hydrogen-bond acceptors (Lipinski definition) is 10. The summed E-state index contributed by atoms with van der Waals surface area (Å²) in [5, 5.41) is 0. The summed E-state index contributed by atoms with van der Waals surface area (Å²) in [6.07, 6.45) is 0. The molecule has 0 aliphatic carbocycles. The number of hydrogen-bond donors (Lipinski definition) is 0. The van der Waals surface area contributed by atoms with Crippen molar-refractivity contribution in [3.8, 4) is 45.6 Å². The molecule has 0 aliphatic heterocycles. The largest absolute Gasteiger partial charge is 0.492 e. The van der Waals surface area contributed by atoms with Crippen molar-refractivity contribution >= 4 is 43.8 Å². The van der Waals surface area contributed by atoms with Crippen LogP contribution in [0.1, 0.15) is 43.0 Å². The molecule has 0 aromatic heterocycles. The van der Waals surface area contributed by atoms with Crippen molar-refractivity contribution in [2.75, 3.05) is 28.4 Å². The van der Waals surface area contributed by atoms with Crippen molar-refractivity contribution in [1.82, 2.24) is 0 Å². The third-order valence-corrected chi connectivity index (χ3v) is 10.5. The standard InChI is InChI=1S/C46H40Br2O10/c1-51-39-33(35(45(49)53-3)37(47)41(55-25-29-17-9-5-10-18-29)43(39)57-27-31-21-13-7-14-22-31)34-36(46(50)54-4)38(48)42(56-26-30-19-11-6-12-20-30)44(40(34)52-2)58-28-32-23-15-8-16-24-32/h5-24H,25-28H2,1-4H3. The maximum absolute atomic E-state index is 14.1. The molecule has 12 heteroatoms. The Labute approximate surface area is 353 Å². The lowest BCUT2D eigenvalue weighted by Crippen LogP contribution is -2.15. The van der Waals surface area contributed by atoms with Crippen LogP contribution in [0, 0.1) is 0 Å². The van der Waals surface area contributed by atoms with Crippen LogP contribution < -0.4 is 28.4 Å². The predicted octanol–water partition coefficient (Wildman–Crippen LogP) is 10.8. The number of benzene rings is 6. The van der Waals surface area contributed by atoms with Crippen LogP contribution in [0.25, 0.3) is 11.1 Å². The van der Waals surface area contributed by atoms with E-state index in [4.69, 9.17) is 37.9 Å². The van der Waals surface area contributed by atoms with Crippen molar-refractivity contribution in [3.63, 3.8) is 0 Å². The molecule has 0 N–H and O–H groups in total. The summed E-state index contributed by atoms with van der Waals surface area (Å²) >= 11 is 7.38. The van der Waals surface area contributed by atoms with Gasteiger partial charge in [-0.05, 0) is 54.1 Å². The highest BCUT2D eigenvalue weighted by Gasteiger charge is 2.39. The number of methoxy groups -OCH3 is 4. The van der Waals surface area contributed by atoms with Crippen molar-refractivity contribution < 1.29 is 47.5 Å². The molecule has 0 unspecified atom stereocenters. The first kappa shape index (κ1) is 41.6. The van der Waals surface area contributed by atoms with Crippen molar-refractivity contribution in [2.45, 2.75) is 26.4 Å². The van der Waals surface area contributed by atoms with E-state index in [0.717, 1.165) is 22.3 Å². The number of rotatable bonds is 17. The highest BCUT2D eigenvalue weighted by atomic mass is 79.9. The van der Waals surface area contributed by atoms with Crippen LogP contribution in [0.3, 0.4) is 0 Å². The molecule has 0 atom stereocenters. The zero-order chi connectivity index (χ0) is 41.0. The van der Waals surface area contributed by atoms with E-state index in [2.05, 4.69) is 31.9 Å². The van der Waals surface area contributed by atoms with Crippen LogP contribution in [-0.2, 0) is 35.9 Å². The van der Waals surface area contributed by atoms with Gasteiger partial charge in [-0.2, -0.15) is 0 Å². The number of carbonyl (C=O) groups excluding carboxylic acids is 2. The van der Waals surface area contributed by atoms with Crippen LogP contribution in [0.4, 0.5) is 0 Å². The smallest absolute Gasteiger partial charge is 0.339 e. The molecule has 298 valence electrons. The SMILES string of the molecule is COC(=O)c1c(Br)c(OCc2ccccc2)c(OCc2ccccc2)c(OC)c1-c1c(OC)c(OCc2ccccc2)c(OCc2ccccc2)c(Br)c1C(=O)OC. The maximum atomic E-state index is 14.1. The molecule has 0 saturated carbocycles. The Morgan fingerprint density at radius 2 is 0.655 bits per heavy atom. The topological polar surface area (TPSA) is 108 Å². The molecule has 10 nitrogen and oxygen atoms in total. The van der Waals surface area contributed by atoms with E-state index in [1.165, 1.54) is 28.4 Å². The van der Waals surface area contributed by atoms with Gasteiger partial charge in [0.2, 0.25) is 11.5 Å². The molecule has 6 aromatic carbocycles. The van der Waals surface area contributed by atoms with Gasteiger partial charge in [0.15, 0.2) is 23.0 Å². The molecule has 58 heavy (non-hydrogen) atoms. The molecule has 0 amide bonds. The molecular weight excluding hydrogens is 872 g/mol. The van der Waals surface area contributed by atoms with Gasteiger partial charge in [0, 0.05) is 11.1 Å². The summed E-state index contributed by atoms with van der Waals surface area (Å²) in [4.78, 5) is 28.3. The molecule has 6 rings (SSSR count). The zero-order valence-electron chi connectivity index (χ0n) is 32.2. The highest BCUT2D eigenvalue weighted by molar-refractivity contribution is 9.11. The summed E-state index contributed by atoms with van der Waals surface area (Å²) in [7, 11) is 5.35. The van der Waals surface area contributed by atoms with Crippen molar-refractivity contribution in [1.29, 1.82) is 0 Å². The fourth-order valence-electron chi connectivity index (χ4n) is 6.20. The molecule has 6 aromatic rings. The van der Waals surface area contributed by atoms with Gasteiger partial charge in [-0.25, -0.2) is 9.59 Å². The lowest BCUT2D eigenvalue weighted by Gasteiger charge is -2.27. The van der Waals surface area contributed by atoms with Crippen LogP contribution in [0.15, 0.2) is 130 Å². The van der Waals surface area contributed by atoms with Crippen molar-refractivity contribution in [2.24, 2.45) is 0 Å². The second-order valence-electron chi connectivity index (χ2n) is 12.6. The Hall–Kier alpha value is -5.98. The van der Waals surface area contributed by atoms with Crippen LogP contribution in [0.5, 0.6) is 34.5 Å². The Bertz CT molecular complexity index is 2170. The number of carbonyl (C=O) groups is 2. The molecule has 0 fully saturated rings. The number of ether oxygens (including phenoxy) is 8. The minimum Gasteiger partial charge on any atom is -0.492 e. The van der Waals surface area contributed by atoms with Gasteiger partial charge in [-0.3, -0.25) is 0 Å². The Morgan fingerprint density at radius 1 is 0.397 bits per heavy atom. The first-order valence-corrected chi connectivity index (χ1v) is 19.6. The second-order valence-corrected chi connectivity index (χ2v) is 14.2. The Morgan fingerprint density at radius 3 is 0.897 bits per heavy atom. The predicted molar refractivity (Wildman–Crippen MR) is 226 cm³/mol. The minimum atomic E-state index is -0.788. The van der Waals surface area contributed by atoms with Gasteiger partial charge in [-0.15, -0.1) is 0 Å². The maximum Gasteiger partial charge on any atom is 0.339 e. The van der Waals surface area contributed by atoms with E-state index in [1.54, 1.807) is 0 Å². The van der Waals surface area contributed by atoms with Gasteiger partial charge in [0.25, 0.3) is 0 Å². The molecule has 0 radical (unpaired) electrons. The summed E-state index contributed by atoms with van der Waals surface area (Å²) in [6, 6.07) is 38.1. The Balaban J connectivity index is 1.68. The zero-order valence-corrected chi connectivity index (χ0v) is 35.4. The van der Waals surface area contributed by atoms with E-state index in [1.807, 2.05) is 121 Å². The monoisotopic (exact) mass is 910 g/mol. The molecule has 0 bridgehead atoms. The lowest BCUT2D eigenvalue weighted by molar-refractivity contribution is 0.0587.